The van der Waals surface area contributed by atoms with Gasteiger partial charge in [0, 0.05) is 24.5 Å². The zero-order valence-corrected chi connectivity index (χ0v) is 10.6. The van der Waals surface area contributed by atoms with E-state index >= 15 is 0 Å². The van der Waals surface area contributed by atoms with E-state index in [9.17, 15) is 5.26 Å². The fourth-order valence-corrected chi connectivity index (χ4v) is 2.71. The van der Waals surface area contributed by atoms with E-state index in [1.165, 1.54) is 0 Å². The third kappa shape index (κ3) is 2.25. The predicted octanol–water partition coefficient (Wildman–Crippen LogP) is 2.12. The number of hydrogen-bond donors (Lipinski definition) is 2. The molecule has 1 aromatic heterocycles. The van der Waals surface area contributed by atoms with Crippen LogP contribution in [0.5, 0.6) is 0 Å². The van der Waals surface area contributed by atoms with Crippen LogP contribution >= 0.6 is 0 Å². The van der Waals surface area contributed by atoms with Crippen molar-refractivity contribution in [3.63, 3.8) is 0 Å². The summed E-state index contributed by atoms with van der Waals surface area (Å²) >= 11 is 0. The van der Waals surface area contributed by atoms with Gasteiger partial charge in [0.2, 0.25) is 0 Å². The Morgan fingerprint density at radius 1 is 1.37 bits per heavy atom. The Kier molecular flexibility index (Phi) is 3.06. The van der Waals surface area contributed by atoms with Crippen LogP contribution in [0.1, 0.15) is 24.1 Å². The molecule has 19 heavy (non-hydrogen) atoms. The molecular formula is C15H16N4. The summed E-state index contributed by atoms with van der Waals surface area (Å²) in [5.41, 5.74) is 1.92. The number of aromatic nitrogens is 2. The summed E-state index contributed by atoms with van der Waals surface area (Å²) < 4.78 is 0. The molecule has 1 aromatic carbocycles. The monoisotopic (exact) mass is 252 g/mol. The van der Waals surface area contributed by atoms with Crippen LogP contribution in [-0.4, -0.2) is 16.0 Å². The minimum atomic E-state index is -0.299. The van der Waals surface area contributed by atoms with E-state index in [-0.39, 0.29) is 5.41 Å². The molecule has 0 amide bonds. The van der Waals surface area contributed by atoms with Crippen LogP contribution in [0.3, 0.4) is 0 Å². The normalized spacial score (nSPS) is 25.5. The molecule has 0 atom stereocenters. The summed E-state index contributed by atoms with van der Waals surface area (Å²) in [4.78, 5) is 7.06. The first kappa shape index (κ1) is 11.9. The lowest BCUT2D eigenvalue weighted by Gasteiger charge is -2.43. The molecule has 1 saturated carbocycles. The smallest absolute Gasteiger partial charge is 0.0922 e. The Balaban J connectivity index is 1.60. The highest BCUT2D eigenvalue weighted by atomic mass is 15.0. The van der Waals surface area contributed by atoms with Gasteiger partial charge >= 0.3 is 0 Å². The third-order valence-corrected chi connectivity index (χ3v) is 3.87. The lowest BCUT2D eigenvalue weighted by atomic mass is 9.62. The van der Waals surface area contributed by atoms with Crippen LogP contribution in [0.4, 0.5) is 0 Å². The van der Waals surface area contributed by atoms with E-state index in [0.717, 1.165) is 30.6 Å². The first-order valence-corrected chi connectivity index (χ1v) is 6.50. The van der Waals surface area contributed by atoms with Gasteiger partial charge in [0.05, 0.1) is 17.8 Å². The van der Waals surface area contributed by atoms with Gasteiger partial charge in [-0.1, -0.05) is 30.3 Å². The number of benzene rings is 1. The Hall–Kier alpha value is -2.12. The third-order valence-electron chi connectivity index (χ3n) is 3.87. The molecule has 0 bridgehead atoms. The molecule has 96 valence electrons. The van der Waals surface area contributed by atoms with Crippen molar-refractivity contribution in [3.8, 4) is 6.07 Å². The van der Waals surface area contributed by atoms with Gasteiger partial charge in [-0.3, -0.25) is 0 Å². The summed E-state index contributed by atoms with van der Waals surface area (Å²) in [5.74, 6) is 0. The number of nitrogens with one attached hydrogen (secondary N) is 2. The SMILES string of the molecule is N#CC1(c2ccccc2)CC(NCc2cnc[nH]2)C1. The number of aromatic amines is 1. The summed E-state index contributed by atoms with van der Waals surface area (Å²) in [6.45, 7) is 0.779. The largest absolute Gasteiger partial charge is 0.347 e. The van der Waals surface area contributed by atoms with Crippen molar-refractivity contribution in [3.05, 3.63) is 54.1 Å². The predicted molar refractivity (Wildman–Crippen MR) is 72.2 cm³/mol. The van der Waals surface area contributed by atoms with E-state index in [0.29, 0.717) is 6.04 Å². The molecule has 0 saturated heterocycles. The maximum atomic E-state index is 9.47. The van der Waals surface area contributed by atoms with Crippen molar-refractivity contribution in [1.29, 1.82) is 5.26 Å². The van der Waals surface area contributed by atoms with Gasteiger partial charge in [-0.05, 0) is 18.4 Å². The van der Waals surface area contributed by atoms with Crippen LogP contribution < -0.4 is 5.32 Å². The highest BCUT2D eigenvalue weighted by Gasteiger charge is 2.45. The molecule has 0 spiro atoms. The van der Waals surface area contributed by atoms with Crippen LogP contribution in [-0.2, 0) is 12.0 Å². The standard InChI is InChI=1S/C15H16N4/c16-10-15(12-4-2-1-3-5-12)6-13(7-15)18-9-14-8-17-11-19-14/h1-5,8,11,13,18H,6-7,9H2,(H,17,19). The molecule has 1 fully saturated rings. The number of nitrogens with zero attached hydrogens (tertiary/aromatic N) is 2. The molecule has 4 nitrogen and oxygen atoms in total. The minimum absolute atomic E-state index is 0.299. The Labute approximate surface area is 112 Å². The fraction of sp³-hybridized carbons (Fsp3) is 0.333. The lowest BCUT2D eigenvalue weighted by Crippen LogP contribution is -2.50. The molecule has 2 aromatic rings. The fourth-order valence-electron chi connectivity index (χ4n) is 2.71. The summed E-state index contributed by atoms with van der Waals surface area (Å²) in [6, 6.07) is 13.0. The number of nitriles is 1. The van der Waals surface area contributed by atoms with Crippen molar-refractivity contribution < 1.29 is 0 Å². The van der Waals surface area contributed by atoms with Crippen LogP contribution in [0, 0.1) is 11.3 Å². The average molecular weight is 252 g/mol. The molecule has 1 aliphatic carbocycles. The molecule has 2 N–H and O–H groups in total. The lowest BCUT2D eigenvalue weighted by molar-refractivity contribution is 0.225. The summed E-state index contributed by atoms with van der Waals surface area (Å²) in [7, 11) is 0. The van der Waals surface area contributed by atoms with Crippen molar-refractivity contribution in [1.82, 2.24) is 15.3 Å². The van der Waals surface area contributed by atoms with E-state index in [2.05, 4.69) is 21.4 Å². The van der Waals surface area contributed by atoms with Crippen LogP contribution in [0.2, 0.25) is 0 Å². The molecule has 0 radical (unpaired) electrons. The van der Waals surface area contributed by atoms with E-state index < -0.39 is 0 Å². The zero-order valence-electron chi connectivity index (χ0n) is 10.6. The molecule has 1 aliphatic rings. The second-order valence-electron chi connectivity index (χ2n) is 5.12. The summed E-state index contributed by atoms with van der Waals surface area (Å²) in [6.07, 6.45) is 5.25. The van der Waals surface area contributed by atoms with Crippen LogP contribution in [0.15, 0.2) is 42.9 Å². The topological polar surface area (TPSA) is 64.5 Å². The van der Waals surface area contributed by atoms with E-state index in [1.807, 2.05) is 36.5 Å². The van der Waals surface area contributed by atoms with Gasteiger partial charge < -0.3 is 10.3 Å². The molecule has 3 rings (SSSR count). The van der Waals surface area contributed by atoms with Gasteiger partial charge in [-0.2, -0.15) is 5.26 Å². The Bertz CT molecular complexity index is 562. The number of hydrogen-bond acceptors (Lipinski definition) is 3. The zero-order chi connectivity index (χ0) is 13.1. The first-order chi connectivity index (χ1) is 9.32. The molecule has 0 aliphatic heterocycles. The van der Waals surface area contributed by atoms with Crippen molar-refractivity contribution in [2.45, 2.75) is 30.8 Å². The van der Waals surface area contributed by atoms with Crippen LogP contribution in [0.25, 0.3) is 0 Å². The molecule has 1 heterocycles. The second kappa shape index (κ2) is 4.87. The molecule has 0 unspecified atom stereocenters. The van der Waals surface area contributed by atoms with Crippen molar-refractivity contribution in [2.24, 2.45) is 0 Å². The number of imidazole rings is 1. The molecule has 4 heteroatoms. The second-order valence-corrected chi connectivity index (χ2v) is 5.12. The van der Waals surface area contributed by atoms with E-state index in [4.69, 9.17) is 0 Å². The Morgan fingerprint density at radius 3 is 2.79 bits per heavy atom. The van der Waals surface area contributed by atoms with Gasteiger partial charge in [0.25, 0.3) is 0 Å². The Morgan fingerprint density at radius 2 is 2.16 bits per heavy atom. The first-order valence-electron chi connectivity index (χ1n) is 6.50. The maximum absolute atomic E-state index is 9.47. The highest BCUT2D eigenvalue weighted by Crippen LogP contribution is 2.43. The van der Waals surface area contributed by atoms with Gasteiger partial charge in [0.15, 0.2) is 0 Å². The minimum Gasteiger partial charge on any atom is -0.347 e. The highest BCUT2D eigenvalue weighted by molar-refractivity contribution is 5.36. The van der Waals surface area contributed by atoms with Crippen molar-refractivity contribution in [2.75, 3.05) is 0 Å². The number of H-pyrrole nitrogens is 1. The molecular weight excluding hydrogens is 236 g/mol. The van der Waals surface area contributed by atoms with Gasteiger partial charge in [-0.15, -0.1) is 0 Å². The van der Waals surface area contributed by atoms with Gasteiger partial charge in [-0.25, -0.2) is 4.98 Å². The quantitative estimate of drug-likeness (QED) is 0.876. The number of rotatable bonds is 4. The van der Waals surface area contributed by atoms with E-state index in [1.54, 1.807) is 6.33 Å². The van der Waals surface area contributed by atoms with Crippen molar-refractivity contribution >= 4 is 0 Å². The maximum Gasteiger partial charge on any atom is 0.0922 e. The summed E-state index contributed by atoms with van der Waals surface area (Å²) in [5, 5.41) is 12.9. The van der Waals surface area contributed by atoms with Gasteiger partial charge in [0.1, 0.15) is 0 Å². The average Bonchev–Trinajstić information content (AvgIpc) is 2.92.